The molecule has 0 heterocycles. The first kappa shape index (κ1) is 20.4. The van der Waals surface area contributed by atoms with E-state index < -0.39 is 27.6 Å². The predicted molar refractivity (Wildman–Crippen MR) is 97.1 cm³/mol. The summed E-state index contributed by atoms with van der Waals surface area (Å²) in [6.07, 6.45) is 0.956. The SMILES string of the molecule is COc1cc(C(=O)Nc2cc(F)ccc2F)c(N(C)S(C)(=O)=O)cc1OC. The number of nitrogens with one attached hydrogen (secondary N) is 1. The first-order chi connectivity index (χ1) is 12.6. The molecule has 0 saturated carbocycles. The second kappa shape index (κ2) is 7.78. The minimum absolute atomic E-state index is 0.0236. The molecule has 0 saturated heterocycles. The number of sulfonamides is 1. The van der Waals surface area contributed by atoms with Gasteiger partial charge in [-0.25, -0.2) is 17.2 Å². The lowest BCUT2D eigenvalue weighted by molar-refractivity contribution is 0.102. The lowest BCUT2D eigenvalue weighted by Crippen LogP contribution is -2.28. The van der Waals surface area contributed by atoms with Crippen LogP contribution in [0.15, 0.2) is 30.3 Å². The minimum atomic E-state index is -3.72. The van der Waals surface area contributed by atoms with Crippen molar-refractivity contribution in [1.29, 1.82) is 0 Å². The Hall–Kier alpha value is -2.88. The zero-order valence-electron chi connectivity index (χ0n) is 15.0. The van der Waals surface area contributed by atoms with Gasteiger partial charge >= 0.3 is 0 Å². The largest absolute Gasteiger partial charge is 0.493 e. The Morgan fingerprint density at radius 3 is 2.22 bits per heavy atom. The van der Waals surface area contributed by atoms with Crippen molar-refractivity contribution in [2.45, 2.75) is 0 Å². The van der Waals surface area contributed by atoms with Crippen LogP contribution in [-0.2, 0) is 10.0 Å². The highest BCUT2D eigenvalue weighted by Gasteiger charge is 2.24. The lowest BCUT2D eigenvalue weighted by atomic mass is 10.1. The number of hydrogen-bond acceptors (Lipinski definition) is 5. The standard InChI is InChI=1S/C17H18F2N2O5S/c1-21(27(4,23)24)14-9-16(26-3)15(25-2)8-11(14)17(22)20-13-7-10(18)5-6-12(13)19/h5-9H,1-4H3,(H,20,22). The fraction of sp³-hybridized carbons (Fsp3) is 0.235. The van der Waals surface area contributed by atoms with E-state index in [9.17, 15) is 22.0 Å². The molecule has 1 N–H and O–H groups in total. The third-order valence-corrected chi connectivity index (χ3v) is 4.95. The maximum absolute atomic E-state index is 13.8. The fourth-order valence-electron chi connectivity index (χ4n) is 2.27. The van der Waals surface area contributed by atoms with Gasteiger partial charge in [-0.2, -0.15) is 0 Å². The van der Waals surface area contributed by atoms with Crippen LogP contribution in [0, 0.1) is 11.6 Å². The van der Waals surface area contributed by atoms with E-state index in [0.717, 1.165) is 28.8 Å². The Bertz CT molecular complexity index is 980. The summed E-state index contributed by atoms with van der Waals surface area (Å²) in [6.45, 7) is 0. The van der Waals surface area contributed by atoms with E-state index >= 15 is 0 Å². The van der Waals surface area contributed by atoms with Crippen molar-refractivity contribution < 1.29 is 31.5 Å². The highest BCUT2D eigenvalue weighted by molar-refractivity contribution is 7.92. The van der Waals surface area contributed by atoms with Crippen LogP contribution in [0.4, 0.5) is 20.2 Å². The van der Waals surface area contributed by atoms with Crippen molar-refractivity contribution in [2.75, 3.05) is 37.1 Å². The van der Waals surface area contributed by atoms with Crippen molar-refractivity contribution >= 4 is 27.3 Å². The highest BCUT2D eigenvalue weighted by Crippen LogP contribution is 2.36. The van der Waals surface area contributed by atoms with Gasteiger partial charge in [0.05, 0.1) is 37.4 Å². The molecule has 1 amide bonds. The number of amides is 1. The summed E-state index contributed by atoms with van der Waals surface area (Å²) in [4.78, 5) is 12.7. The zero-order chi connectivity index (χ0) is 20.4. The van der Waals surface area contributed by atoms with Crippen molar-refractivity contribution in [3.05, 3.63) is 47.5 Å². The Balaban J connectivity index is 2.58. The van der Waals surface area contributed by atoms with Crippen LogP contribution < -0.4 is 19.1 Å². The van der Waals surface area contributed by atoms with Gasteiger partial charge in [0.1, 0.15) is 11.6 Å². The number of anilines is 2. The molecule has 2 aromatic rings. The molecular weight excluding hydrogens is 382 g/mol. The average molecular weight is 400 g/mol. The van der Waals surface area contributed by atoms with Crippen LogP contribution in [0.3, 0.4) is 0 Å². The van der Waals surface area contributed by atoms with Crippen LogP contribution in [0.25, 0.3) is 0 Å². The quantitative estimate of drug-likeness (QED) is 0.806. The maximum atomic E-state index is 13.8. The Kier molecular flexibility index (Phi) is 5.89. The summed E-state index contributed by atoms with van der Waals surface area (Å²) in [5, 5.41) is 2.23. The van der Waals surface area contributed by atoms with Gasteiger partial charge in [0.15, 0.2) is 11.5 Å². The second-order valence-corrected chi connectivity index (χ2v) is 7.55. The van der Waals surface area contributed by atoms with Gasteiger partial charge in [-0.05, 0) is 18.2 Å². The molecule has 10 heteroatoms. The molecule has 0 radical (unpaired) electrons. The Labute approximate surface area is 155 Å². The molecule has 0 aliphatic rings. The lowest BCUT2D eigenvalue weighted by Gasteiger charge is -2.22. The van der Waals surface area contributed by atoms with Gasteiger partial charge in [-0.1, -0.05) is 0 Å². The number of carbonyl (C=O) groups is 1. The smallest absolute Gasteiger partial charge is 0.258 e. The molecular formula is C17H18F2N2O5S. The van der Waals surface area contributed by atoms with Crippen LogP contribution >= 0.6 is 0 Å². The zero-order valence-corrected chi connectivity index (χ0v) is 15.9. The number of benzene rings is 2. The van der Waals surface area contributed by atoms with Gasteiger partial charge in [0.25, 0.3) is 5.91 Å². The van der Waals surface area contributed by atoms with Crippen LogP contribution in [0.2, 0.25) is 0 Å². The molecule has 0 atom stereocenters. The molecule has 0 spiro atoms. The van der Waals surface area contributed by atoms with Gasteiger partial charge in [0, 0.05) is 19.2 Å². The van der Waals surface area contributed by atoms with E-state index in [2.05, 4.69) is 5.32 Å². The monoisotopic (exact) mass is 400 g/mol. The van der Waals surface area contributed by atoms with Crippen LogP contribution in [0.1, 0.15) is 10.4 Å². The minimum Gasteiger partial charge on any atom is -0.493 e. The molecule has 2 aromatic carbocycles. The number of nitrogens with zero attached hydrogens (tertiary/aromatic N) is 1. The second-order valence-electron chi connectivity index (χ2n) is 5.53. The number of hydrogen-bond donors (Lipinski definition) is 1. The molecule has 146 valence electrons. The molecule has 27 heavy (non-hydrogen) atoms. The normalized spacial score (nSPS) is 11.0. The van der Waals surface area contributed by atoms with Gasteiger partial charge in [-0.3, -0.25) is 9.10 Å². The summed E-state index contributed by atoms with van der Waals surface area (Å²) in [7, 11) is 0.215. The molecule has 0 unspecified atom stereocenters. The summed E-state index contributed by atoms with van der Waals surface area (Å²) in [6, 6.07) is 5.14. The van der Waals surface area contributed by atoms with Crippen molar-refractivity contribution in [3.8, 4) is 11.5 Å². The van der Waals surface area contributed by atoms with E-state index in [1.54, 1.807) is 0 Å². The van der Waals surface area contributed by atoms with E-state index in [1.807, 2.05) is 0 Å². The van der Waals surface area contributed by atoms with Gasteiger partial charge < -0.3 is 14.8 Å². The molecule has 0 aliphatic carbocycles. The first-order valence-electron chi connectivity index (χ1n) is 7.54. The number of ether oxygens (including phenoxy) is 2. The Morgan fingerprint density at radius 2 is 1.67 bits per heavy atom. The molecule has 7 nitrogen and oxygen atoms in total. The van der Waals surface area contributed by atoms with Crippen LogP contribution in [-0.4, -0.2) is 41.8 Å². The average Bonchev–Trinajstić information content (AvgIpc) is 2.62. The highest BCUT2D eigenvalue weighted by atomic mass is 32.2. The molecule has 0 aromatic heterocycles. The fourth-order valence-corrected chi connectivity index (χ4v) is 2.78. The third kappa shape index (κ3) is 4.45. The predicted octanol–water partition coefficient (Wildman–Crippen LogP) is 2.63. The van der Waals surface area contributed by atoms with E-state index in [4.69, 9.17) is 9.47 Å². The topological polar surface area (TPSA) is 84.9 Å². The summed E-state index contributed by atoms with van der Waals surface area (Å²) in [5.41, 5.74) is -0.545. The Morgan fingerprint density at radius 1 is 1.07 bits per heavy atom. The summed E-state index contributed by atoms with van der Waals surface area (Å²) in [5.74, 6) is -2.09. The van der Waals surface area contributed by atoms with Gasteiger partial charge in [0.2, 0.25) is 10.0 Å². The number of methoxy groups -OCH3 is 2. The molecule has 0 fully saturated rings. The molecule has 0 bridgehead atoms. The number of rotatable bonds is 6. The molecule has 2 rings (SSSR count). The molecule has 0 aliphatic heterocycles. The summed E-state index contributed by atoms with van der Waals surface area (Å²) < 4.78 is 62.2. The van der Waals surface area contributed by atoms with E-state index in [1.165, 1.54) is 33.4 Å². The first-order valence-corrected chi connectivity index (χ1v) is 9.39. The third-order valence-electron chi connectivity index (χ3n) is 3.76. The van der Waals surface area contributed by atoms with Crippen molar-refractivity contribution in [2.24, 2.45) is 0 Å². The van der Waals surface area contributed by atoms with E-state index in [0.29, 0.717) is 0 Å². The van der Waals surface area contributed by atoms with E-state index in [-0.39, 0.29) is 28.4 Å². The van der Waals surface area contributed by atoms with Crippen molar-refractivity contribution in [1.82, 2.24) is 0 Å². The number of halogens is 2. The summed E-state index contributed by atoms with van der Waals surface area (Å²) >= 11 is 0. The maximum Gasteiger partial charge on any atom is 0.258 e. The number of carbonyl (C=O) groups excluding carboxylic acids is 1. The van der Waals surface area contributed by atoms with Crippen molar-refractivity contribution in [3.63, 3.8) is 0 Å². The van der Waals surface area contributed by atoms with Gasteiger partial charge in [-0.15, -0.1) is 0 Å². The van der Waals surface area contributed by atoms with Crippen LogP contribution in [0.5, 0.6) is 11.5 Å².